The van der Waals surface area contributed by atoms with Gasteiger partial charge in [-0.1, -0.05) is 17.7 Å². The Morgan fingerprint density at radius 3 is 2.44 bits per heavy atom. The molecule has 32 heavy (non-hydrogen) atoms. The van der Waals surface area contributed by atoms with Gasteiger partial charge in [0, 0.05) is 38.1 Å². The van der Waals surface area contributed by atoms with Crippen LogP contribution in [0.4, 0.5) is 27.9 Å². The minimum absolute atomic E-state index is 0.165. The molecule has 1 fully saturated rings. The van der Waals surface area contributed by atoms with Crippen molar-refractivity contribution < 1.29 is 9.53 Å². The maximum atomic E-state index is 12.6. The molecular formula is C22H24ClN7O2. The summed E-state index contributed by atoms with van der Waals surface area (Å²) in [6.45, 7) is 4.47. The molecule has 0 spiro atoms. The topological polar surface area (TPSA) is 95.5 Å². The van der Waals surface area contributed by atoms with Crippen molar-refractivity contribution in [2.75, 3.05) is 48.8 Å². The first-order valence-corrected chi connectivity index (χ1v) is 10.6. The van der Waals surface area contributed by atoms with Gasteiger partial charge < -0.3 is 25.2 Å². The summed E-state index contributed by atoms with van der Waals surface area (Å²) in [6, 6.07) is 12.7. The van der Waals surface area contributed by atoms with E-state index in [1.54, 1.807) is 36.4 Å². The molecule has 0 radical (unpaired) electrons. The highest BCUT2D eigenvalue weighted by atomic mass is 35.5. The van der Waals surface area contributed by atoms with Crippen LogP contribution in [0.15, 0.2) is 48.7 Å². The van der Waals surface area contributed by atoms with Crippen LogP contribution in [0.3, 0.4) is 0 Å². The van der Waals surface area contributed by atoms with E-state index in [-0.39, 0.29) is 6.03 Å². The van der Waals surface area contributed by atoms with E-state index in [9.17, 15) is 4.79 Å². The van der Waals surface area contributed by atoms with E-state index >= 15 is 0 Å². The molecule has 2 aromatic heterocycles. The van der Waals surface area contributed by atoms with Crippen molar-refractivity contribution in [3.05, 3.63) is 59.2 Å². The Bertz CT molecular complexity index is 1070. The zero-order valence-corrected chi connectivity index (χ0v) is 18.6. The van der Waals surface area contributed by atoms with Gasteiger partial charge in [-0.3, -0.25) is 0 Å². The normalized spacial score (nSPS) is 13.6. The number of rotatable bonds is 5. The molecule has 1 aromatic carbocycles. The monoisotopic (exact) mass is 453 g/mol. The maximum Gasteiger partial charge on any atom is 0.321 e. The van der Waals surface area contributed by atoms with Crippen LogP contribution in [0.5, 0.6) is 5.75 Å². The van der Waals surface area contributed by atoms with Crippen molar-refractivity contribution in [2.45, 2.75) is 6.92 Å². The van der Waals surface area contributed by atoms with E-state index < -0.39 is 0 Å². The minimum Gasteiger partial charge on any atom is -0.495 e. The minimum atomic E-state index is -0.165. The number of anilines is 4. The highest BCUT2D eigenvalue weighted by Crippen LogP contribution is 2.27. The summed E-state index contributed by atoms with van der Waals surface area (Å²) in [7, 11) is 1.55. The average molecular weight is 454 g/mol. The molecule has 3 heterocycles. The summed E-state index contributed by atoms with van der Waals surface area (Å²) < 4.78 is 5.14. The quantitative estimate of drug-likeness (QED) is 0.604. The number of nitrogens with one attached hydrogen (secondary N) is 2. The van der Waals surface area contributed by atoms with Crippen LogP contribution in [-0.2, 0) is 0 Å². The van der Waals surface area contributed by atoms with Crippen LogP contribution in [0.25, 0.3) is 0 Å². The number of pyridine rings is 1. The Morgan fingerprint density at radius 1 is 1.03 bits per heavy atom. The molecule has 0 bridgehead atoms. The first-order chi connectivity index (χ1) is 15.5. The Morgan fingerprint density at radius 2 is 1.81 bits per heavy atom. The lowest BCUT2D eigenvalue weighted by atomic mass is 10.3. The molecule has 0 saturated carbocycles. The standard InChI is InChI=1S/C22H24ClN7O2/c1-15-3-6-19(24-14-15)26-20-7-8-21(28-27-20)29-9-11-30(12-10-29)22(31)25-16-4-5-18(32-2)17(23)13-16/h3-8,13-14H,9-12H2,1-2H3,(H,25,31)(H,24,26,27). The molecule has 1 aliphatic rings. The highest BCUT2D eigenvalue weighted by Gasteiger charge is 2.22. The molecule has 10 heteroatoms. The summed E-state index contributed by atoms with van der Waals surface area (Å²) in [5.41, 5.74) is 1.72. The van der Waals surface area contributed by atoms with Gasteiger partial charge in [0.05, 0.1) is 12.1 Å². The fourth-order valence-electron chi connectivity index (χ4n) is 3.32. The third kappa shape index (κ3) is 5.17. The largest absolute Gasteiger partial charge is 0.495 e. The second-order valence-electron chi connectivity index (χ2n) is 7.38. The van der Waals surface area contributed by atoms with Gasteiger partial charge in [-0.05, 0) is 48.9 Å². The van der Waals surface area contributed by atoms with Crippen molar-refractivity contribution in [1.29, 1.82) is 0 Å². The second-order valence-corrected chi connectivity index (χ2v) is 7.78. The molecular weight excluding hydrogens is 430 g/mol. The summed E-state index contributed by atoms with van der Waals surface area (Å²) in [5.74, 6) is 2.68. The van der Waals surface area contributed by atoms with Gasteiger partial charge in [-0.25, -0.2) is 9.78 Å². The number of ether oxygens (including phenoxy) is 1. The van der Waals surface area contributed by atoms with Gasteiger partial charge in [-0.2, -0.15) is 0 Å². The molecule has 0 aliphatic carbocycles. The van der Waals surface area contributed by atoms with E-state index in [1.807, 2.05) is 31.2 Å². The summed E-state index contributed by atoms with van der Waals surface area (Å²) in [6.07, 6.45) is 1.79. The number of aryl methyl sites for hydroxylation is 1. The lowest BCUT2D eigenvalue weighted by molar-refractivity contribution is 0.208. The lowest BCUT2D eigenvalue weighted by Crippen LogP contribution is -2.50. The van der Waals surface area contributed by atoms with Crippen LogP contribution >= 0.6 is 11.6 Å². The van der Waals surface area contributed by atoms with Gasteiger partial charge in [0.2, 0.25) is 0 Å². The predicted octanol–water partition coefficient (Wildman–Crippen LogP) is 3.94. The van der Waals surface area contributed by atoms with Gasteiger partial charge in [0.25, 0.3) is 0 Å². The molecule has 3 aromatic rings. The van der Waals surface area contributed by atoms with Crippen molar-refractivity contribution in [1.82, 2.24) is 20.1 Å². The average Bonchev–Trinajstić information content (AvgIpc) is 2.81. The summed E-state index contributed by atoms with van der Waals surface area (Å²) >= 11 is 6.13. The maximum absolute atomic E-state index is 12.6. The number of benzene rings is 1. The number of carbonyl (C=O) groups is 1. The van der Waals surface area contributed by atoms with Crippen LogP contribution in [0.2, 0.25) is 5.02 Å². The van der Waals surface area contributed by atoms with Crippen LogP contribution in [0, 0.1) is 6.92 Å². The molecule has 4 rings (SSSR count). The molecule has 0 atom stereocenters. The number of carbonyl (C=O) groups excluding carboxylic acids is 1. The molecule has 1 saturated heterocycles. The first-order valence-electron chi connectivity index (χ1n) is 10.2. The molecule has 0 unspecified atom stereocenters. The van der Waals surface area contributed by atoms with Gasteiger partial charge in [-0.15, -0.1) is 10.2 Å². The summed E-state index contributed by atoms with van der Waals surface area (Å²) in [5, 5.41) is 15.0. The number of nitrogens with zero attached hydrogens (tertiary/aromatic N) is 5. The highest BCUT2D eigenvalue weighted by molar-refractivity contribution is 6.32. The van der Waals surface area contributed by atoms with Crippen molar-refractivity contribution in [3.8, 4) is 5.75 Å². The zero-order chi connectivity index (χ0) is 22.5. The Labute approximate surface area is 191 Å². The van der Waals surface area contributed by atoms with Crippen molar-refractivity contribution in [3.63, 3.8) is 0 Å². The predicted molar refractivity (Wildman–Crippen MR) is 125 cm³/mol. The fraction of sp³-hybridized carbons (Fsp3) is 0.273. The van der Waals surface area contributed by atoms with Crippen molar-refractivity contribution >= 4 is 40.8 Å². The van der Waals surface area contributed by atoms with E-state index in [4.69, 9.17) is 16.3 Å². The summed E-state index contributed by atoms with van der Waals surface area (Å²) in [4.78, 5) is 20.8. The molecule has 2 N–H and O–H groups in total. The second kappa shape index (κ2) is 9.69. The third-order valence-electron chi connectivity index (χ3n) is 5.11. The molecule has 2 amide bonds. The zero-order valence-electron chi connectivity index (χ0n) is 17.9. The van der Waals surface area contributed by atoms with Gasteiger partial charge >= 0.3 is 6.03 Å². The van der Waals surface area contributed by atoms with Gasteiger partial charge in [0.15, 0.2) is 11.6 Å². The number of hydrogen-bond acceptors (Lipinski definition) is 7. The Balaban J connectivity index is 1.29. The lowest BCUT2D eigenvalue weighted by Gasteiger charge is -2.35. The van der Waals surface area contributed by atoms with E-state index in [0.717, 1.165) is 17.2 Å². The van der Waals surface area contributed by atoms with E-state index in [1.165, 1.54) is 0 Å². The number of urea groups is 1. The molecule has 1 aliphatic heterocycles. The van der Waals surface area contributed by atoms with Crippen LogP contribution in [-0.4, -0.2) is 59.4 Å². The fourth-order valence-corrected chi connectivity index (χ4v) is 3.58. The van der Waals surface area contributed by atoms with Gasteiger partial charge in [0.1, 0.15) is 11.6 Å². The number of halogens is 1. The smallest absolute Gasteiger partial charge is 0.321 e. The number of piperazine rings is 1. The van der Waals surface area contributed by atoms with Crippen LogP contribution in [0.1, 0.15) is 5.56 Å². The van der Waals surface area contributed by atoms with Crippen LogP contribution < -0.4 is 20.3 Å². The first kappa shape index (κ1) is 21.6. The van der Waals surface area contributed by atoms with Crippen molar-refractivity contribution in [2.24, 2.45) is 0 Å². The third-order valence-corrected chi connectivity index (χ3v) is 5.41. The number of aromatic nitrogens is 3. The van der Waals surface area contributed by atoms with E-state index in [0.29, 0.717) is 48.5 Å². The number of hydrogen-bond donors (Lipinski definition) is 2. The number of amides is 2. The molecule has 166 valence electrons. The Kier molecular flexibility index (Phi) is 6.55. The SMILES string of the molecule is COc1ccc(NC(=O)N2CCN(c3ccc(Nc4ccc(C)cn4)nn3)CC2)cc1Cl. The number of methoxy groups -OCH3 is 1. The Hall–Kier alpha value is -3.59. The molecule has 9 nitrogen and oxygen atoms in total. The van der Waals surface area contributed by atoms with E-state index in [2.05, 4.69) is 30.7 Å².